The quantitative estimate of drug-likeness (QED) is 0.630. The Morgan fingerprint density at radius 3 is 2.63 bits per heavy atom. The molecule has 158 valence electrons. The predicted molar refractivity (Wildman–Crippen MR) is 124 cm³/mol. The van der Waals surface area contributed by atoms with E-state index in [1.54, 1.807) is 0 Å². The van der Waals surface area contributed by atoms with Crippen LogP contribution in [0.3, 0.4) is 0 Å². The number of hydrogen-bond donors (Lipinski definition) is 1. The van der Waals surface area contributed by atoms with E-state index in [0.29, 0.717) is 16.5 Å². The number of rotatable bonds is 4. The van der Waals surface area contributed by atoms with Crippen LogP contribution >= 0.6 is 11.8 Å². The summed E-state index contributed by atoms with van der Waals surface area (Å²) in [5, 5.41) is 13.0. The maximum absolute atomic E-state index is 12.7. The fourth-order valence-electron chi connectivity index (χ4n) is 3.84. The van der Waals surface area contributed by atoms with E-state index >= 15 is 0 Å². The number of hydrogen-bond acceptors (Lipinski definition) is 4. The van der Waals surface area contributed by atoms with Crippen molar-refractivity contribution in [2.24, 2.45) is 11.3 Å². The van der Waals surface area contributed by atoms with Gasteiger partial charge in [0.2, 0.25) is 5.91 Å². The van der Waals surface area contributed by atoms with Gasteiger partial charge in [0, 0.05) is 11.4 Å². The average molecular weight is 422 g/mol. The molecule has 30 heavy (non-hydrogen) atoms. The summed E-state index contributed by atoms with van der Waals surface area (Å²) in [6.45, 7) is 12.8. The molecular formula is C25H31N3OS. The number of nitrogens with zero attached hydrogens (tertiary/aromatic N) is 2. The van der Waals surface area contributed by atoms with Gasteiger partial charge in [-0.3, -0.25) is 4.79 Å². The molecule has 0 bridgehead atoms. The van der Waals surface area contributed by atoms with Crippen molar-refractivity contribution in [1.82, 2.24) is 4.98 Å². The Bertz CT molecular complexity index is 1000. The number of nitrogens with one attached hydrogen (secondary N) is 1. The number of aryl methyl sites for hydroxylation is 3. The third-order valence-electron chi connectivity index (χ3n) is 6.13. The monoisotopic (exact) mass is 421 g/mol. The number of fused-ring (bicyclic) bond motifs is 1. The summed E-state index contributed by atoms with van der Waals surface area (Å²) in [5.41, 5.74) is 6.22. The molecule has 2 unspecified atom stereocenters. The van der Waals surface area contributed by atoms with Crippen LogP contribution < -0.4 is 5.32 Å². The van der Waals surface area contributed by atoms with Crippen LogP contribution in [0.5, 0.6) is 0 Å². The first-order chi connectivity index (χ1) is 14.1. The Kier molecular flexibility index (Phi) is 6.57. The number of thioether (sulfide) groups is 1. The minimum absolute atomic E-state index is 0.0838. The second kappa shape index (κ2) is 8.81. The highest BCUT2D eigenvalue weighted by atomic mass is 32.2. The summed E-state index contributed by atoms with van der Waals surface area (Å²) in [5.74, 6) is 0.513. The minimum Gasteiger partial charge on any atom is -0.325 e. The highest BCUT2D eigenvalue weighted by Gasteiger charge is 2.30. The largest absolute Gasteiger partial charge is 0.325 e. The van der Waals surface area contributed by atoms with E-state index in [-0.39, 0.29) is 16.6 Å². The lowest BCUT2D eigenvalue weighted by atomic mass is 9.71. The number of aromatic nitrogens is 1. The first-order valence-corrected chi connectivity index (χ1v) is 11.4. The summed E-state index contributed by atoms with van der Waals surface area (Å²) in [6.07, 6.45) is 3.01. The molecule has 1 aromatic carbocycles. The second-order valence-electron chi connectivity index (χ2n) is 9.41. The van der Waals surface area contributed by atoms with Crippen molar-refractivity contribution in [3.8, 4) is 6.07 Å². The van der Waals surface area contributed by atoms with Gasteiger partial charge in [0.05, 0.1) is 10.8 Å². The number of amides is 1. The molecule has 0 spiro atoms. The van der Waals surface area contributed by atoms with Gasteiger partial charge in [0.15, 0.2) is 0 Å². The lowest BCUT2D eigenvalue weighted by Crippen LogP contribution is -2.27. The second-order valence-corrected chi connectivity index (χ2v) is 10.7. The molecule has 5 heteroatoms. The zero-order chi connectivity index (χ0) is 22.1. The lowest BCUT2D eigenvalue weighted by Gasteiger charge is -2.34. The normalized spacial score (nSPS) is 17.0. The van der Waals surface area contributed by atoms with Gasteiger partial charge in [-0.2, -0.15) is 5.26 Å². The Morgan fingerprint density at radius 2 is 2.00 bits per heavy atom. The molecule has 0 radical (unpaired) electrons. The Labute approximate surface area is 184 Å². The minimum atomic E-state index is -0.352. The summed E-state index contributed by atoms with van der Waals surface area (Å²) in [7, 11) is 0. The molecule has 1 heterocycles. The number of benzene rings is 1. The zero-order valence-corrected chi connectivity index (χ0v) is 19.6. The number of nitriles is 1. The Morgan fingerprint density at radius 1 is 1.27 bits per heavy atom. The number of pyridine rings is 1. The fourth-order valence-corrected chi connectivity index (χ4v) is 4.73. The first-order valence-electron chi connectivity index (χ1n) is 10.6. The van der Waals surface area contributed by atoms with Crippen molar-refractivity contribution in [1.29, 1.82) is 5.26 Å². The van der Waals surface area contributed by atoms with E-state index in [9.17, 15) is 10.1 Å². The van der Waals surface area contributed by atoms with E-state index in [1.807, 2.05) is 45.0 Å². The lowest BCUT2D eigenvalue weighted by molar-refractivity contribution is -0.115. The first kappa shape index (κ1) is 22.4. The molecule has 1 aliphatic rings. The van der Waals surface area contributed by atoms with Gasteiger partial charge in [-0.05, 0) is 86.3 Å². The van der Waals surface area contributed by atoms with Crippen LogP contribution in [0.1, 0.15) is 62.1 Å². The molecule has 0 saturated carbocycles. The average Bonchev–Trinajstić information content (AvgIpc) is 2.69. The van der Waals surface area contributed by atoms with Crippen LogP contribution in [0.2, 0.25) is 0 Å². The van der Waals surface area contributed by atoms with Gasteiger partial charge in [0.1, 0.15) is 11.1 Å². The van der Waals surface area contributed by atoms with Gasteiger partial charge in [0.25, 0.3) is 0 Å². The van der Waals surface area contributed by atoms with Crippen molar-refractivity contribution in [3.05, 3.63) is 52.2 Å². The highest BCUT2D eigenvalue weighted by Crippen LogP contribution is 2.38. The van der Waals surface area contributed by atoms with E-state index in [1.165, 1.54) is 22.9 Å². The molecule has 2 aromatic rings. The van der Waals surface area contributed by atoms with Crippen molar-refractivity contribution in [2.45, 2.75) is 71.1 Å². The zero-order valence-electron chi connectivity index (χ0n) is 18.8. The number of carbonyl (C=O) groups excluding carboxylic acids is 1. The van der Waals surface area contributed by atoms with Gasteiger partial charge in [-0.25, -0.2) is 4.98 Å². The van der Waals surface area contributed by atoms with Gasteiger partial charge in [-0.15, -0.1) is 0 Å². The van der Waals surface area contributed by atoms with E-state index in [2.05, 4.69) is 32.2 Å². The molecule has 0 fully saturated rings. The smallest absolute Gasteiger partial charge is 0.237 e. The van der Waals surface area contributed by atoms with Crippen molar-refractivity contribution < 1.29 is 4.79 Å². The van der Waals surface area contributed by atoms with Crippen molar-refractivity contribution >= 4 is 23.4 Å². The van der Waals surface area contributed by atoms with Crippen LogP contribution in [-0.2, 0) is 17.6 Å². The SMILES string of the molecule is Cc1ccc(NC(=O)C(C)Sc2nc3c(cc2C#N)CC(C(C)(C)C)CC3)cc1C. The van der Waals surface area contributed by atoms with E-state index in [0.717, 1.165) is 36.2 Å². The van der Waals surface area contributed by atoms with Gasteiger partial charge >= 0.3 is 0 Å². The van der Waals surface area contributed by atoms with Crippen LogP contribution in [0.25, 0.3) is 0 Å². The molecule has 1 amide bonds. The molecule has 2 atom stereocenters. The Balaban J connectivity index is 1.75. The third-order valence-corrected chi connectivity index (χ3v) is 7.23. The van der Waals surface area contributed by atoms with Crippen molar-refractivity contribution in [3.63, 3.8) is 0 Å². The molecule has 3 rings (SSSR count). The topological polar surface area (TPSA) is 65.8 Å². The van der Waals surface area contributed by atoms with Gasteiger partial charge < -0.3 is 5.32 Å². The molecule has 1 aliphatic carbocycles. The van der Waals surface area contributed by atoms with Crippen molar-refractivity contribution in [2.75, 3.05) is 5.32 Å². The van der Waals surface area contributed by atoms with E-state index in [4.69, 9.17) is 4.98 Å². The summed E-state index contributed by atoms with van der Waals surface area (Å²) >= 11 is 1.36. The molecular weight excluding hydrogens is 390 g/mol. The standard InChI is InChI=1S/C25H31N3OS/c1-15-7-9-21(11-16(15)2)27-23(29)17(3)30-24-19(14-26)12-18-13-20(25(4,5)6)8-10-22(18)28-24/h7,9,11-12,17,20H,8,10,13H2,1-6H3,(H,27,29). The fraction of sp³-hybridized carbons (Fsp3) is 0.480. The highest BCUT2D eigenvalue weighted by molar-refractivity contribution is 8.00. The van der Waals surface area contributed by atoms with Crippen LogP contribution in [0.4, 0.5) is 5.69 Å². The predicted octanol–water partition coefficient (Wildman–Crippen LogP) is 5.84. The molecule has 1 N–H and O–H groups in total. The summed E-state index contributed by atoms with van der Waals surface area (Å²) in [6, 6.07) is 10.2. The molecule has 0 aliphatic heterocycles. The van der Waals surface area contributed by atoms with Gasteiger partial charge in [-0.1, -0.05) is 38.6 Å². The van der Waals surface area contributed by atoms with E-state index < -0.39 is 0 Å². The maximum atomic E-state index is 12.7. The maximum Gasteiger partial charge on any atom is 0.237 e. The number of carbonyl (C=O) groups is 1. The molecule has 1 aromatic heterocycles. The molecule has 0 saturated heterocycles. The summed E-state index contributed by atoms with van der Waals surface area (Å²) in [4.78, 5) is 17.5. The summed E-state index contributed by atoms with van der Waals surface area (Å²) < 4.78 is 0. The Hall–Kier alpha value is -2.32. The van der Waals surface area contributed by atoms with Crippen LogP contribution in [0.15, 0.2) is 29.3 Å². The van der Waals surface area contributed by atoms with Crippen LogP contribution in [-0.4, -0.2) is 16.1 Å². The number of anilines is 1. The molecule has 4 nitrogen and oxygen atoms in total. The third kappa shape index (κ3) is 5.05. The van der Waals surface area contributed by atoms with Crippen LogP contribution in [0, 0.1) is 36.5 Å².